The summed E-state index contributed by atoms with van der Waals surface area (Å²) in [5.41, 5.74) is 5.04. The molecule has 0 atom stereocenters. The summed E-state index contributed by atoms with van der Waals surface area (Å²) in [7, 11) is 0. The van der Waals surface area contributed by atoms with Crippen LogP contribution in [0.2, 0.25) is 0 Å². The van der Waals surface area contributed by atoms with Crippen LogP contribution in [0.4, 0.5) is 5.69 Å². The Bertz CT molecular complexity index is 504. The molecule has 1 saturated heterocycles. The highest BCUT2D eigenvalue weighted by molar-refractivity contribution is 7.07. The Hall–Kier alpha value is -1.33. The van der Waals surface area contributed by atoms with Crippen molar-refractivity contribution in [2.75, 3.05) is 31.1 Å². The van der Waals surface area contributed by atoms with Gasteiger partial charge in [-0.15, -0.1) is 0 Å². The van der Waals surface area contributed by atoms with Crippen molar-refractivity contribution in [1.29, 1.82) is 0 Å². The molecule has 0 radical (unpaired) electrons. The zero-order valence-corrected chi connectivity index (χ0v) is 12.3. The second-order valence-corrected chi connectivity index (χ2v) is 5.96. The Morgan fingerprint density at radius 2 is 2.05 bits per heavy atom. The van der Waals surface area contributed by atoms with Crippen LogP contribution in [0.25, 0.3) is 0 Å². The van der Waals surface area contributed by atoms with Gasteiger partial charge in [-0.25, -0.2) is 0 Å². The first-order valence-corrected chi connectivity index (χ1v) is 7.68. The molecule has 1 fully saturated rings. The van der Waals surface area contributed by atoms with Crippen molar-refractivity contribution in [3.63, 3.8) is 0 Å². The number of H-pyrrole nitrogens is 1. The molecule has 0 unspecified atom stereocenters. The highest BCUT2D eigenvalue weighted by atomic mass is 32.1. The smallest absolute Gasteiger partial charge is 0.0827 e. The molecule has 0 saturated carbocycles. The molecule has 0 aromatic carbocycles. The largest absolute Gasteiger partial charge is 0.366 e. The molecular weight excluding hydrogens is 256 g/mol. The van der Waals surface area contributed by atoms with E-state index in [1.54, 1.807) is 11.3 Å². The summed E-state index contributed by atoms with van der Waals surface area (Å²) in [6.45, 7) is 9.70. The number of thiophene rings is 1. The number of aromatic amines is 1. The van der Waals surface area contributed by atoms with Crippen molar-refractivity contribution in [3.8, 4) is 0 Å². The van der Waals surface area contributed by atoms with E-state index in [1.807, 2.05) is 0 Å². The first-order chi connectivity index (χ1) is 9.24. The first kappa shape index (κ1) is 12.7. The summed E-state index contributed by atoms with van der Waals surface area (Å²) in [5.74, 6) is 0. The van der Waals surface area contributed by atoms with Crippen LogP contribution in [0.1, 0.15) is 17.0 Å². The van der Waals surface area contributed by atoms with Gasteiger partial charge in [0.25, 0.3) is 0 Å². The highest BCUT2D eigenvalue weighted by Crippen LogP contribution is 2.23. The molecule has 1 N–H and O–H groups in total. The fourth-order valence-electron chi connectivity index (χ4n) is 2.78. The molecule has 5 heteroatoms. The molecule has 0 spiro atoms. The van der Waals surface area contributed by atoms with Crippen LogP contribution in [0.15, 0.2) is 16.8 Å². The van der Waals surface area contributed by atoms with Gasteiger partial charge in [0, 0.05) is 32.7 Å². The highest BCUT2D eigenvalue weighted by Gasteiger charge is 2.21. The number of anilines is 1. The van der Waals surface area contributed by atoms with E-state index in [0.29, 0.717) is 0 Å². The quantitative estimate of drug-likeness (QED) is 0.935. The van der Waals surface area contributed by atoms with Crippen LogP contribution in [-0.4, -0.2) is 41.3 Å². The van der Waals surface area contributed by atoms with E-state index in [1.165, 1.54) is 16.9 Å². The summed E-state index contributed by atoms with van der Waals surface area (Å²) >= 11 is 1.78. The zero-order valence-electron chi connectivity index (χ0n) is 11.5. The number of aromatic nitrogens is 2. The van der Waals surface area contributed by atoms with Gasteiger partial charge in [0.05, 0.1) is 17.1 Å². The van der Waals surface area contributed by atoms with Crippen molar-refractivity contribution < 1.29 is 0 Å². The van der Waals surface area contributed by atoms with Crippen molar-refractivity contribution in [2.24, 2.45) is 0 Å². The number of nitrogens with zero attached hydrogens (tertiary/aromatic N) is 3. The molecule has 3 heterocycles. The van der Waals surface area contributed by atoms with Crippen LogP contribution in [0.3, 0.4) is 0 Å². The third kappa shape index (κ3) is 2.67. The predicted molar refractivity (Wildman–Crippen MR) is 79.9 cm³/mol. The molecule has 19 heavy (non-hydrogen) atoms. The third-order valence-corrected chi connectivity index (χ3v) is 4.50. The lowest BCUT2D eigenvalue weighted by atomic mass is 10.2. The van der Waals surface area contributed by atoms with Crippen molar-refractivity contribution in [1.82, 2.24) is 15.1 Å². The van der Waals surface area contributed by atoms with Gasteiger partial charge in [-0.1, -0.05) is 0 Å². The normalized spacial score (nSPS) is 17.1. The summed E-state index contributed by atoms with van der Waals surface area (Å²) in [6, 6.07) is 2.22. The summed E-state index contributed by atoms with van der Waals surface area (Å²) in [5, 5.41) is 11.8. The Morgan fingerprint density at radius 3 is 2.63 bits per heavy atom. The third-order valence-electron chi connectivity index (χ3n) is 3.76. The Balaban J connectivity index is 1.60. The topological polar surface area (TPSA) is 35.2 Å². The van der Waals surface area contributed by atoms with Crippen LogP contribution < -0.4 is 4.90 Å². The maximum Gasteiger partial charge on any atom is 0.0827 e. The van der Waals surface area contributed by atoms with Crippen LogP contribution in [0, 0.1) is 13.8 Å². The average molecular weight is 276 g/mol. The van der Waals surface area contributed by atoms with E-state index in [0.717, 1.165) is 38.4 Å². The van der Waals surface area contributed by atoms with Gasteiger partial charge >= 0.3 is 0 Å². The van der Waals surface area contributed by atoms with E-state index >= 15 is 0 Å². The van der Waals surface area contributed by atoms with Gasteiger partial charge in [0.1, 0.15) is 0 Å². The van der Waals surface area contributed by atoms with Gasteiger partial charge in [-0.3, -0.25) is 10.00 Å². The number of rotatable bonds is 3. The Morgan fingerprint density at radius 1 is 1.26 bits per heavy atom. The number of hydrogen-bond donors (Lipinski definition) is 1. The zero-order chi connectivity index (χ0) is 13.2. The minimum Gasteiger partial charge on any atom is -0.366 e. The first-order valence-electron chi connectivity index (χ1n) is 6.74. The van der Waals surface area contributed by atoms with Crippen LogP contribution in [0.5, 0.6) is 0 Å². The van der Waals surface area contributed by atoms with Crippen LogP contribution >= 0.6 is 11.3 Å². The van der Waals surface area contributed by atoms with Gasteiger partial charge in [-0.05, 0) is 36.2 Å². The molecule has 0 aliphatic carbocycles. The van der Waals surface area contributed by atoms with Gasteiger partial charge in [0.2, 0.25) is 0 Å². The molecular formula is C14H20N4S. The standard InChI is InChI=1S/C14H20N4S/c1-11-14(12(2)16-15-11)18-6-4-17(5-7-18)9-13-3-8-19-10-13/h3,8,10H,4-7,9H2,1-2H3,(H,15,16). The van der Waals surface area contributed by atoms with E-state index in [2.05, 4.69) is 50.7 Å². The van der Waals surface area contributed by atoms with Crippen molar-refractivity contribution >= 4 is 17.0 Å². The lowest BCUT2D eigenvalue weighted by Crippen LogP contribution is -2.46. The molecule has 2 aromatic heterocycles. The minimum atomic E-state index is 1.08. The molecule has 1 aliphatic heterocycles. The van der Waals surface area contributed by atoms with E-state index in [4.69, 9.17) is 0 Å². The van der Waals surface area contributed by atoms with E-state index < -0.39 is 0 Å². The van der Waals surface area contributed by atoms with Crippen molar-refractivity contribution in [2.45, 2.75) is 20.4 Å². The van der Waals surface area contributed by atoms with Gasteiger partial charge in [0.15, 0.2) is 0 Å². The minimum absolute atomic E-state index is 1.08. The van der Waals surface area contributed by atoms with Crippen LogP contribution in [-0.2, 0) is 6.54 Å². The molecule has 1 aliphatic rings. The summed E-state index contributed by atoms with van der Waals surface area (Å²) in [4.78, 5) is 4.99. The fraction of sp³-hybridized carbons (Fsp3) is 0.500. The van der Waals surface area contributed by atoms with E-state index in [-0.39, 0.29) is 0 Å². The lowest BCUT2D eigenvalue weighted by Gasteiger charge is -2.36. The molecule has 2 aromatic rings. The monoisotopic (exact) mass is 276 g/mol. The Kier molecular flexibility index (Phi) is 3.57. The van der Waals surface area contributed by atoms with Gasteiger partial charge < -0.3 is 4.90 Å². The lowest BCUT2D eigenvalue weighted by molar-refractivity contribution is 0.250. The number of hydrogen-bond acceptors (Lipinski definition) is 4. The number of piperazine rings is 1. The molecule has 102 valence electrons. The number of aryl methyl sites for hydroxylation is 2. The molecule has 0 amide bonds. The Labute approximate surface area is 118 Å². The SMILES string of the molecule is Cc1n[nH]c(C)c1N1CCN(Cc2ccsc2)CC1. The molecule has 3 rings (SSSR count). The second kappa shape index (κ2) is 5.35. The predicted octanol–water partition coefficient (Wildman–Crippen LogP) is 2.41. The van der Waals surface area contributed by atoms with Crippen molar-refractivity contribution in [3.05, 3.63) is 33.8 Å². The maximum atomic E-state index is 4.29. The molecule has 4 nitrogen and oxygen atoms in total. The average Bonchev–Trinajstić information content (AvgIpc) is 3.02. The fourth-order valence-corrected chi connectivity index (χ4v) is 3.44. The maximum absolute atomic E-state index is 4.29. The van der Waals surface area contributed by atoms with E-state index in [9.17, 15) is 0 Å². The molecule has 0 bridgehead atoms. The summed E-state index contributed by atoms with van der Waals surface area (Å²) in [6.07, 6.45) is 0. The van der Waals surface area contributed by atoms with Gasteiger partial charge in [-0.2, -0.15) is 16.4 Å². The summed E-state index contributed by atoms with van der Waals surface area (Å²) < 4.78 is 0. The number of nitrogens with one attached hydrogen (secondary N) is 1. The second-order valence-electron chi connectivity index (χ2n) is 5.18.